The van der Waals surface area contributed by atoms with Crippen molar-refractivity contribution in [3.8, 4) is 0 Å². The topological polar surface area (TPSA) is 119 Å². The maximum absolute atomic E-state index is 9.86. The molecule has 2 atom stereocenters. The summed E-state index contributed by atoms with van der Waals surface area (Å²) in [7, 11) is 0. The van der Waals surface area contributed by atoms with Crippen LogP contribution in [0.4, 0.5) is 5.82 Å². The number of nitrogens with zero attached hydrogens (tertiary/aromatic N) is 4. The number of aromatic nitrogens is 4. The lowest BCUT2D eigenvalue weighted by atomic mass is 10.3. The summed E-state index contributed by atoms with van der Waals surface area (Å²) in [6, 6.07) is 0. The van der Waals surface area contributed by atoms with Crippen molar-refractivity contribution >= 4 is 17.0 Å². The Balaban J connectivity index is 2.04. The fourth-order valence-corrected chi connectivity index (χ4v) is 1.90. The third-order valence-corrected chi connectivity index (χ3v) is 2.74. The molecule has 1 unspecified atom stereocenters. The SMILES string of the molecule is Nc1ncnc2c1ncn2[C@@H]1OC(CO)=CC1O. The van der Waals surface area contributed by atoms with Gasteiger partial charge in [0.25, 0.3) is 0 Å². The van der Waals surface area contributed by atoms with E-state index < -0.39 is 12.3 Å². The minimum Gasteiger partial charge on any atom is -0.469 e. The number of fused-ring (bicyclic) bond motifs is 1. The van der Waals surface area contributed by atoms with E-state index in [4.69, 9.17) is 15.6 Å². The number of aliphatic hydroxyl groups excluding tert-OH is 2. The van der Waals surface area contributed by atoms with E-state index in [-0.39, 0.29) is 12.4 Å². The van der Waals surface area contributed by atoms with Gasteiger partial charge in [0.1, 0.15) is 36.6 Å². The van der Waals surface area contributed by atoms with Crippen LogP contribution < -0.4 is 5.73 Å². The molecule has 4 N–H and O–H groups in total. The molecule has 1 aliphatic heterocycles. The normalized spacial score (nSPS) is 23.1. The van der Waals surface area contributed by atoms with E-state index in [1.165, 1.54) is 18.7 Å². The van der Waals surface area contributed by atoms with Crippen LogP contribution in [0.15, 0.2) is 24.5 Å². The van der Waals surface area contributed by atoms with Crippen molar-refractivity contribution in [2.24, 2.45) is 0 Å². The smallest absolute Gasteiger partial charge is 0.207 e. The van der Waals surface area contributed by atoms with Crippen LogP contribution in [0.2, 0.25) is 0 Å². The zero-order chi connectivity index (χ0) is 12.7. The highest BCUT2D eigenvalue weighted by molar-refractivity contribution is 5.81. The third kappa shape index (κ3) is 1.50. The van der Waals surface area contributed by atoms with Crippen molar-refractivity contribution in [2.75, 3.05) is 12.3 Å². The van der Waals surface area contributed by atoms with Gasteiger partial charge in [-0.2, -0.15) is 0 Å². The van der Waals surface area contributed by atoms with Gasteiger partial charge in [-0.05, 0) is 6.08 Å². The molecule has 0 fully saturated rings. The molecular weight excluding hydrogens is 238 g/mol. The second kappa shape index (κ2) is 3.93. The molecule has 0 bridgehead atoms. The van der Waals surface area contributed by atoms with E-state index in [0.29, 0.717) is 16.9 Å². The van der Waals surface area contributed by atoms with Gasteiger partial charge >= 0.3 is 0 Å². The molecule has 2 aromatic heterocycles. The van der Waals surface area contributed by atoms with Crippen LogP contribution >= 0.6 is 0 Å². The van der Waals surface area contributed by atoms with E-state index in [0.717, 1.165) is 0 Å². The Morgan fingerprint density at radius 2 is 2.22 bits per heavy atom. The first-order valence-electron chi connectivity index (χ1n) is 5.30. The first kappa shape index (κ1) is 10.9. The Morgan fingerprint density at radius 1 is 1.39 bits per heavy atom. The van der Waals surface area contributed by atoms with Gasteiger partial charge in [-0.3, -0.25) is 4.57 Å². The van der Waals surface area contributed by atoms with Gasteiger partial charge in [0.05, 0.1) is 0 Å². The molecule has 0 saturated heterocycles. The van der Waals surface area contributed by atoms with Crippen LogP contribution in [0, 0.1) is 0 Å². The van der Waals surface area contributed by atoms with Gasteiger partial charge in [0.15, 0.2) is 11.5 Å². The van der Waals surface area contributed by atoms with Crippen molar-refractivity contribution < 1.29 is 14.9 Å². The molecule has 8 heteroatoms. The second-order valence-corrected chi connectivity index (χ2v) is 3.87. The highest BCUT2D eigenvalue weighted by atomic mass is 16.5. The monoisotopic (exact) mass is 249 g/mol. The van der Waals surface area contributed by atoms with Crippen LogP contribution in [0.1, 0.15) is 6.23 Å². The largest absolute Gasteiger partial charge is 0.469 e. The summed E-state index contributed by atoms with van der Waals surface area (Å²) in [5.41, 5.74) is 6.59. The summed E-state index contributed by atoms with van der Waals surface area (Å²) in [6.07, 6.45) is 2.66. The van der Waals surface area contributed by atoms with E-state index in [1.54, 1.807) is 4.57 Å². The third-order valence-electron chi connectivity index (χ3n) is 2.74. The predicted molar refractivity (Wildman–Crippen MR) is 61.0 cm³/mol. The molecule has 0 aliphatic carbocycles. The van der Waals surface area contributed by atoms with Crippen LogP contribution in [-0.2, 0) is 4.74 Å². The van der Waals surface area contributed by atoms with E-state index in [1.807, 2.05) is 0 Å². The molecule has 3 heterocycles. The number of nitrogen functional groups attached to an aromatic ring is 1. The van der Waals surface area contributed by atoms with Crippen molar-refractivity contribution in [3.05, 3.63) is 24.5 Å². The Morgan fingerprint density at radius 3 is 2.94 bits per heavy atom. The average Bonchev–Trinajstić information content (AvgIpc) is 2.93. The summed E-state index contributed by atoms with van der Waals surface area (Å²) in [5.74, 6) is 0.581. The molecule has 0 saturated carbocycles. The van der Waals surface area contributed by atoms with Gasteiger partial charge in [0, 0.05) is 0 Å². The molecule has 0 amide bonds. The standard InChI is InChI=1S/C10H11N5O3/c11-8-7-9(13-3-12-8)15(4-14-7)10-6(17)1-5(2-16)18-10/h1,3-4,6,10,16-17H,2H2,(H2,11,12,13)/t6?,10-/m1/s1. The van der Waals surface area contributed by atoms with Crippen molar-refractivity contribution in [1.82, 2.24) is 19.5 Å². The molecule has 18 heavy (non-hydrogen) atoms. The zero-order valence-corrected chi connectivity index (χ0v) is 9.26. The fourth-order valence-electron chi connectivity index (χ4n) is 1.90. The first-order valence-corrected chi connectivity index (χ1v) is 5.30. The highest BCUT2D eigenvalue weighted by Gasteiger charge is 2.30. The number of aliphatic hydroxyl groups is 2. The summed E-state index contributed by atoms with van der Waals surface area (Å²) < 4.78 is 6.95. The minimum atomic E-state index is -0.874. The lowest BCUT2D eigenvalue weighted by Gasteiger charge is -2.17. The number of hydrogen-bond acceptors (Lipinski definition) is 7. The summed E-state index contributed by atoms with van der Waals surface area (Å²) >= 11 is 0. The zero-order valence-electron chi connectivity index (χ0n) is 9.26. The van der Waals surface area contributed by atoms with Crippen molar-refractivity contribution in [2.45, 2.75) is 12.3 Å². The molecule has 1 aliphatic rings. The second-order valence-electron chi connectivity index (χ2n) is 3.87. The molecule has 0 spiro atoms. The Kier molecular flexibility index (Phi) is 2.39. The van der Waals surface area contributed by atoms with Crippen LogP contribution in [0.5, 0.6) is 0 Å². The minimum absolute atomic E-state index is 0.265. The van der Waals surface area contributed by atoms with Crippen LogP contribution in [0.3, 0.4) is 0 Å². The van der Waals surface area contributed by atoms with Gasteiger partial charge in [-0.15, -0.1) is 0 Å². The lowest BCUT2D eigenvalue weighted by molar-refractivity contribution is -0.00500. The number of hydrogen-bond donors (Lipinski definition) is 3. The molecule has 94 valence electrons. The summed E-state index contributed by atoms with van der Waals surface area (Å²) in [4.78, 5) is 12.0. The fraction of sp³-hybridized carbons (Fsp3) is 0.300. The lowest BCUT2D eigenvalue weighted by Crippen LogP contribution is -2.19. The van der Waals surface area contributed by atoms with Crippen LogP contribution in [0.25, 0.3) is 11.2 Å². The number of rotatable bonds is 2. The van der Waals surface area contributed by atoms with Crippen LogP contribution in [-0.4, -0.2) is 42.4 Å². The molecular formula is C10H11N5O3. The van der Waals surface area contributed by atoms with Gasteiger partial charge in [0.2, 0.25) is 6.23 Å². The highest BCUT2D eigenvalue weighted by Crippen LogP contribution is 2.29. The van der Waals surface area contributed by atoms with Crippen molar-refractivity contribution in [3.63, 3.8) is 0 Å². The molecule has 3 rings (SSSR count). The number of nitrogens with two attached hydrogens (primary N) is 1. The van der Waals surface area contributed by atoms with Gasteiger partial charge in [-0.1, -0.05) is 0 Å². The predicted octanol–water partition coefficient (Wildman–Crippen LogP) is -0.826. The van der Waals surface area contributed by atoms with Gasteiger partial charge in [-0.25, -0.2) is 15.0 Å². The number of anilines is 1. The maximum Gasteiger partial charge on any atom is 0.207 e. The van der Waals surface area contributed by atoms with E-state index in [2.05, 4.69) is 15.0 Å². The maximum atomic E-state index is 9.86. The number of ether oxygens (including phenoxy) is 1. The summed E-state index contributed by atoms with van der Waals surface area (Å²) in [6.45, 7) is -0.267. The average molecular weight is 249 g/mol. The number of imidazole rings is 1. The molecule has 0 radical (unpaired) electrons. The molecule has 8 nitrogen and oxygen atoms in total. The molecule has 2 aromatic rings. The Labute approximate surface area is 101 Å². The summed E-state index contributed by atoms with van der Waals surface area (Å²) in [5, 5.41) is 18.8. The van der Waals surface area contributed by atoms with E-state index in [9.17, 15) is 5.11 Å². The van der Waals surface area contributed by atoms with Crippen molar-refractivity contribution in [1.29, 1.82) is 0 Å². The quantitative estimate of drug-likeness (QED) is 0.635. The Hall–Kier alpha value is -2.19. The Bertz CT molecular complexity index is 623. The van der Waals surface area contributed by atoms with E-state index >= 15 is 0 Å². The molecule has 0 aromatic carbocycles. The van der Waals surface area contributed by atoms with Gasteiger partial charge < -0.3 is 20.7 Å². The first-order chi connectivity index (χ1) is 8.70.